The van der Waals surface area contributed by atoms with E-state index < -0.39 is 0 Å². The molecule has 2 aromatic rings. The van der Waals surface area contributed by atoms with Crippen molar-refractivity contribution in [2.24, 2.45) is 5.92 Å². The van der Waals surface area contributed by atoms with Crippen LogP contribution in [-0.4, -0.2) is 41.0 Å². The highest BCUT2D eigenvalue weighted by Crippen LogP contribution is 2.33. The summed E-state index contributed by atoms with van der Waals surface area (Å²) in [6.45, 7) is 2.26. The van der Waals surface area contributed by atoms with Gasteiger partial charge in [0, 0.05) is 36.1 Å². The molecular weight excluding hydrogens is 314 g/mol. The minimum Gasteiger partial charge on any atom is -0.472 e. The van der Waals surface area contributed by atoms with E-state index in [4.69, 9.17) is 4.42 Å². The summed E-state index contributed by atoms with van der Waals surface area (Å²) >= 11 is 0. The maximum atomic E-state index is 12.4. The van der Waals surface area contributed by atoms with Crippen molar-refractivity contribution < 1.29 is 9.21 Å². The fourth-order valence-electron chi connectivity index (χ4n) is 4.14. The highest BCUT2D eigenvalue weighted by Gasteiger charge is 2.42. The molecule has 0 saturated carbocycles. The Kier molecular flexibility index (Phi) is 4.65. The standard InChI is InChI=1S/C20H23N3O2/c24-19(4-3-15-7-11-25-14-15)22-20-17-5-9-23(10-6-17)18(20)12-16-2-1-8-21-13-16/h1-4,7-8,11,13-14,17-18,20H,5-6,9-10,12H2,(H,22,24)/b4-3+/t18-,20-/m1/s1. The monoisotopic (exact) mass is 337 g/mol. The highest BCUT2D eigenvalue weighted by atomic mass is 16.3. The molecule has 130 valence electrons. The summed E-state index contributed by atoms with van der Waals surface area (Å²) in [5, 5.41) is 3.26. The summed E-state index contributed by atoms with van der Waals surface area (Å²) in [5.41, 5.74) is 2.13. The minimum absolute atomic E-state index is 0.0314. The molecule has 3 fully saturated rings. The lowest BCUT2D eigenvalue weighted by Crippen LogP contribution is -2.64. The van der Waals surface area contributed by atoms with Crippen LogP contribution in [-0.2, 0) is 11.2 Å². The first kappa shape index (κ1) is 16.1. The number of hydrogen-bond donors (Lipinski definition) is 1. The lowest BCUT2D eigenvalue weighted by molar-refractivity contribution is -0.119. The zero-order valence-corrected chi connectivity index (χ0v) is 14.2. The Labute approximate surface area is 147 Å². The molecule has 1 N–H and O–H groups in total. The van der Waals surface area contributed by atoms with Crippen LogP contribution in [0.15, 0.2) is 53.6 Å². The number of piperidine rings is 3. The fraction of sp³-hybridized carbons (Fsp3) is 0.400. The van der Waals surface area contributed by atoms with Gasteiger partial charge in [0.25, 0.3) is 0 Å². The molecule has 0 unspecified atom stereocenters. The summed E-state index contributed by atoms with van der Waals surface area (Å²) < 4.78 is 5.02. The summed E-state index contributed by atoms with van der Waals surface area (Å²) in [7, 11) is 0. The predicted octanol–water partition coefficient (Wildman–Crippen LogP) is 2.51. The van der Waals surface area contributed by atoms with Gasteiger partial charge in [-0.3, -0.25) is 14.7 Å². The van der Waals surface area contributed by atoms with E-state index in [0.29, 0.717) is 12.0 Å². The molecule has 0 aromatic carbocycles. The number of fused-ring (bicyclic) bond motifs is 3. The third-order valence-corrected chi connectivity index (χ3v) is 5.41. The van der Waals surface area contributed by atoms with E-state index in [1.807, 2.05) is 18.3 Å². The maximum Gasteiger partial charge on any atom is 0.244 e. The van der Waals surface area contributed by atoms with Crippen molar-refractivity contribution >= 4 is 12.0 Å². The van der Waals surface area contributed by atoms with Gasteiger partial charge in [0.05, 0.1) is 12.5 Å². The van der Waals surface area contributed by atoms with Gasteiger partial charge in [-0.15, -0.1) is 0 Å². The van der Waals surface area contributed by atoms with Gasteiger partial charge >= 0.3 is 0 Å². The fourth-order valence-corrected chi connectivity index (χ4v) is 4.14. The van der Waals surface area contributed by atoms with Crippen LogP contribution in [0.3, 0.4) is 0 Å². The molecule has 5 rings (SSSR count). The second-order valence-corrected chi connectivity index (χ2v) is 6.93. The number of carbonyl (C=O) groups is 1. The van der Waals surface area contributed by atoms with Crippen LogP contribution in [0.5, 0.6) is 0 Å². The molecule has 5 nitrogen and oxygen atoms in total. The molecule has 25 heavy (non-hydrogen) atoms. The van der Waals surface area contributed by atoms with Gasteiger partial charge in [-0.1, -0.05) is 6.07 Å². The lowest BCUT2D eigenvalue weighted by atomic mass is 9.77. The molecule has 3 saturated heterocycles. The van der Waals surface area contributed by atoms with Crippen molar-refractivity contribution in [2.45, 2.75) is 31.3 Å². The van der Waals surface area contributed by atoms with Crippen LogP contribution < -0.4 is 5.32 Å². The van der Waals surface area contributed by atoms with Crippen molar-refractivity contribution in [3.8, 4) is 0 Å². The predicted molar refractivity (Wildman–Crippen MR) is 95.7 cm³/mol. The average molecular weight is 337 g/mol. The summed E-state index contributed by atoms with van der Waals surface area (Å²) in [4.78, 5) is 19.2. The SMILES string of the molecule is O=C(/C=C/c1ccoc1)N[C@@H]1C2CCN(CC2)[C@@H]1Cc1cccnc1. The number of nitrogens with zero attached hydrogens (tertiary/aromatic N) is 2. The van der Waals surface area contributed by atoms with Crippen molar-refractivity contribution in [1.82, 2.24) is 15.2 Å². The van der Waals surface area contributed by atoms with Crippen molar-refractivity contribution in [3.05, 3.63) is 60.3 Å². The molecule has 2 bridgehead atoms. The first-order valence-electron chi connectivity index (χ1n) is 8.93. The number of carbonyl (C=O) groups excluding carboxylic acids is 1. The zero-order chi connectivity index (χ0) is 17.1. The van der Waals surface area contributed by atoms with Crippen molar-refractivity contribution in [3.63, 3.8) is 0 Å². The Hall–Kier alpha value is -2.40. The first-order chi connectivity index (χ1) is 12.3. The molecule has 1 amide bonds. The van der Waals surface area contributed by atoms with E-state index >= 15 is 0 Å². The molecule has 2 atom stereocenters. The maximum absolute atomic E-state index is 12.4. The van der Waals surface area contributed by atoms with E-state index in [0.717, 1.165) is 25.1 Å². The second-order valence-electron chi connectivity index (χ2n) is 6.93. The van der Waals surface area contributed by atoms with Gasteiger partial charge in [0.1, 0.15) is 0 Å². The molecule has 0 aliphatic carbocycles. The molecule has 2 aromatic heterocycles. The second kappa shape index (κ2) is 7.23. The normalized spacial score (nSPS) is 28.3. The van der Waals surface area contributed by atoms with Crippen LogP contribution in [0.25, 0.3) is 6.08 Å². The molecule has 0 spiro atoms. The van der Waals surface area contributed by atoms with Crippen LogP contribution in [0.4, 0.5) is 0 Å². The topological polar surface area (TPSA) is 58.4 Å². The molecular formula is C20H23N3O2. The third kappa shape index (κ3) is 3.66. The number of furan rings is 1. The number of aromatic nitrogens is 1. The Balaban J connectivity index is 1.46. The minimum atomic E-state index is -0.0314. The van der Waals surface area contributed by atoms with Gasteiger partial charge in [0.15, 0.2) is 0 Å². The third-order valence-electron chi connectivity index (χ3n) is 5.41. The van der Waals surface area contributed by atoms with E-state index in [1.165, 1.54) is 18.4 Å². The van der Waals surface area contributed by atoms with Crippen LogP contribution in [0, 0.1) is 5.92 Å². The van der Waals surface area contributed by atoms with Gasteiger partial charge in [-0.25, -0.2) is 0 Å². The highest BCUT2D eigenvalue weighted by molar-refractivity contribution is 5.91. The average Bonchev–Trinajstić information content (AvgIpc) is 3.17. The van der Waals surface area contributed by atoms with E-state index in [-0.39, 0.29) is 11.9 Å². The number of nitrogens with one attached hydrogen (secondary N) is 1. The van der Waals surface area contributed by atoms with Gasteiger partial charge in [-0.05, 0) is 62.0 Å². The number of hydrogen-bond acceptors (Lipinski definition) is 4. The van der Waals surface area contributed by atoms with Crippen LogP contribution in [0.2, 0.25) is 0 Å². The van der Waals surface area contributed by atoms with Crippen LogP contribution in [0.1, 0.15) is 24.0 Å². The molecule has 3 aliphatic heterocycles. The lowest BCUT2D eigenvalue weighted by Gasteiger charge is -2.51. The van der Waals surface area contributed by atoms with Crippen molar-refractivity contribution in [1.29, 1.82) is 0 Å². The number of amides is 1. The van der Waals surface area contributed by atoms with E-state index in [2.05, 4.69) is 21.3 Å². The number of pyridine rings is 1. The smallest absolute Gasteiger partial charge is 0.244 e. The van der Waals surface area contributed by atoms with E-state index in [9.17, 15) is 4.79 Å². The molecule has 0 radical (unpaired) electrons. The zero-order valence-electron chi connectivity index (χ0n) is 14.2. The van der Waals surface area contributed by atoms with E-state index in [1.54, 1.807) is 30.9 Å². The quantitative estimate of drug-likeness (QED) is 0.852. The Bertz CT molecular complexity index is 719. The Morgan fingerprint density at radius 2 is 2.24 bits per heavy atom. The number of rotatable bonds is 5. The molecule has 3 aliphatic rings. The molecule has 5 heteroatoms. The summed E-state index contributed by atoms with van der Waals surface area (Å²) in [6, 6.07) is 6.48. The summed E-state index contributed by atoms with van der Waals surface area (Å²) in [6.07, 6.45) is 13.6. The molecule has 5 heterocycles. The summed E-state index contributed by atoms with van der Waals surface area (Å²) in [5.74, 6) is 0.536. The van der Waals surface area contributed by atoms with Gasteiger partial charge in [-0.2, -0.15) is 0 Å². The van der Waals surface area contributed by atoms with Gasteiger partial charge < -0.3 is 9.73 Å². The van der Waals surface area contributed by atoms with Crippen molar-refractivity contribution in [2.75, 3.05) is 13.1 Å². The first-order valence-corrected chi connectivity index (χ1v) is 8.93. The Morgan fingerprint density at radius 1 is 1.36 bits per heavy atom. The van der Waals surface area contributed by atoms with Gasteiger partial charge in [0.2, 0.25) is 5.91 Å². The largest absolute Gasteiger partial charge is 0.472 e. The van der Waals surface area contributed by atoms with Crippen LogP contribution >= 0.6 is 0 Å². The Morgan fingerprint density at radius 3 is 2.96 bits per heavy atom.